The van der Waals surface area contributed by atoms with E-state index in [0.717, 1.165) is 23.5 Å². The van der Waals surface area contributed by atoms with Gasteiger partial charge in [-0.05, 0) is 20.3 Å². The van der Waals surface area contributed by atoms with Gasteiger partial charge in [0.2, 0.25) is 0 Å². The molecule has 0 saturated heterocycles. The number of nitrogens with two attached hydrogens (primary N) is 1. The highest BCUT2D eigenvalue weighted by molar-refractivity contribution is 7.09. The molecule has 1 atom stereocenters. The summed E-state index contributed by atoms with van der Waals surface area (Å²) in [5.41, 5.74) is 6.38. The van der Waals surface area contributed by atoms with E-state index in [0.29, 0.717) is 0 Å². The molecule has 0 aliphatic rings. The molecule has 1 aromatic rings. The van der Waals surface area contributed by atoms with Crippen LogP contribution in [-0.4, -0.2) is 11.0 Å². The van der Waals surface area contributed by atoms with Gasteiger partial charge >= 0.3 is 0 Å². The van der Waals surface area contributed by atoms with Crippen LogP contribution in [0.2, 0.25) is 0 Å². The summed E-state index contributed by atoms with van der Waals surface area (Å²) in [5.74, 6) is 0. The Bertz CT molecular complexity index is 362. The Morgan fingerprint density at radius 2 is 2.33 bits per heavy atom. The fourth-order valence-electron chi connectivity index (χ4n) is 1.15. The van der Waals surface area contributed by atoms with Crippen molar-refractivity contribution in [3.05, 3.63) is 16.1 Å². The van der Waals surface area contributed by atoms with Gasteiger partial charge in [-0.1, -0.05) is 6.92 Å². The maximum absolute atomic E-state index is 8.98. The van der Waals surface area contributed by atoms with Gasteiger partial charge in [0.1, 0.15) is 10.4 Å². The fraction of sp³-hybridized carbons (Fsp3) is 0.636. The summed E-state index contributed by atoms with van der Waals surface area (Å²) in [7, 11) is 0. The molecule has 0 spiro atoms. The largest absolute Gasteiger partial charge is 0.327 e. The molecule has 0 fully saturated rings. The standard InChI is InChI=1S/C11H17N3S/c1-4-8(13)5-9-6-15-10(14-9)11(2,3)7-12/h6,8H,4-5,13H2,1-3H3. The SMILES string of the molecule is CCC(N)Cc1csc(C(C)(C)C#N)n1. The Morgan fingerprint density at radius 3 is 2.87 bits per heavy atom. The topological polar surface area (TPSA) is 62.7 Å². The Balaban J connectivity index is 2.78. The number of nitrogens with zero attached hydrogens (tertiary/aromatic N) is 2. The summed E-state index contributed by atoms with van der Waals surface area (Å²) in [6.07, 6.45) is 1.75. The zero-order valence-electron chi connectivity index (χ0n) is 9.45. The average molecular weight is 223 g/mol. The molecule has 1 unspecified atom stereocenters. The monoisotopic (exact) mass is 223 g/mol. The summed E-state index contributed by atoms with van der Waals surface area (Å²) in [6.45, 7) is 5.84. The van der Waals surface area contributed by atoms with Crippen LogP contribution in [0.3, 0.4) is 0 Å². The summed E-state index contributed by atoms with van der Waals surface area (Å²) >= 11 is 1.54. The van der Waals surface area contributed by atoms with Crippen LogP contribution in [0.1, 0.15) is 37.9 Å². The second-order valence-electron chi connectivity index (χ2n) is 4.25. The molecule has 0 radical (unpaired) electrons. The first kappa shape index (κ1) is 12.2. The van der Waals surface area contributed by atoms with Gasteiger partial charge in [0, 0.05) is 17.8 Å². The van der Waals surface area contributed by atoms with E-state index < -0.39 is 5.41 Å². The highest BCUT2D eigenvalue weighted by atomic mass is 32.1. The molecule has 3 nitrogen and oxygen atoms in total. The number of aromatic nitrogens is 1. The van der Waals surface area contributed by atoms with Gasteiger partial charge in [0.05, 0.1) is 11.8 Å². The number of thiazole rings is 1. The van der Waals surface area contributed by atoms with Crippen molar-refractivity contribution < 1.29 is 0 Å². The lowest BCUT2D eigenvalue weighted by Crippen LogP contribution is -2.22. The van der Waals surface area contributed by atoms with Crippen molar-refractivity contribution in [1.29, 1.82) is 5.26 Å². The van der Waals surface area contributed by atoms with Gasteiger partial charge in [0.25, 0.3) is 0 Å². The second kappa shape index (κ2) is 4.73. The molecule has 0 aromatic carbocycles. The van der Waals surface area contributed by atoms with Crippen molar-refractivity contribution in [3.8, 4) is 6.07 Å². The molecule has 0 aliphatic heterocycles. The van der Waals surface area contributed by atoms with Crippen LogP contribution in [0.5, 0.6) is 0 Å². The molecular weight excluding hydrogens is 206 g/mol. The van der Waals surface area contributed by atoms with E-state index in [1.807, 2.05) is 19.2 Å². The van der Waals surface area contributed by atoms with Gasteiger partial charge in [-0.15, -0.1) is 11.3 Å². The summed E-state index contributed by atoms with van der Waals surface area (Å²) in [6, 6.07) is 2.43. The molecule has 1 heterocycles. The fourth-order valence-corrected chi connectivity index (χ4v) is 2.06. The smallest absolute Gasteiger partial charge is 0.113 e. The van der Waals surface area contributed by atoms with E-state index in [1.54, 1.807) is 11.3 Å². The molecule has 0 saturated carbocycles. The Labute approximate surface area is 94.9 Å². The number of hydrogen-bond acceptors (Lipinski definition) is 4. The Morgan fingerprint density at radius 1 is 1.67 bits per heavy atom. The zero-order chi connectivity index (χ0) is 11.5. The van der Waals surface area contributed by atoms with E-state index in [2.05, 4.69) is 18.0 Å². The van der Waals surface area contributed by atoms with Crippen LogP contribution >= 0.6 is 11.3 Å². The second-order valence-corrected chi connectivity index (χ2v) is 5.11. The van der Waals surface area contributed by atoms with Gasteiger partial charge in [-0.3, -0.25) is 0 Å². The summed E-state index contributed by atoms with van der Waals surface area (Å²) in [5, 5.41) is 11.9. The quantitative estimate of drug-likeness (QED) is 0.851. The first-order valence-corrected chi connectivity index (χ1v) is 5.99. The van der Waals surface area contributed by atoms with Gasteiger partial charge in [-0.2, -0.15) is 5.26 Å². The number of rotatable bonds is 4. The molecule has 0 aliphatic carbocycles. The van der Waals surface area contributed by atoms with Crippen LogP contribution in [0, 0.1) is 11.3 Å². The molecular formula is C11H17N3S. The maximum Gasteiger partial charge on any atom is 0.113 e. The highest BCUT2D eigenvalue weighted by Crippen LogP contribution is 2.25. The normalized spacial score (nSPS) is 13.5. The summed E-state index contributed by atoms with van der Waals surface area (Å²) < 4.78 is 0. The van der Waals surface area contributed by atoms with Crippen molar-refractivity contribution >= 4 is 11.3 Å². The predicted octanol–water partition coefficient (Wildman–Crippen LogP) is 2.22. The van der Waals surface area contributed by atoms with Crippen molar-refractivity contribution in [2.75, 3.05) is 0 Å². The third-order valence-electron chi connectivity index (χ3n) is 2.36. The lowest BCUT2D eigenvalue weighted by molar-refractivity contribution is 0.628. The maximum atomic E-state index is 8.98. The van der Waals surface area contributed by atoms with E-state index in [4.69, 9.17) is 11.0 Å². The minimum atomic E-state index is -0.487. The third kappa shape index (κ3) is 3.01. The van der Waals surface area contributed by atoms with Crippen molar-refractivity contribution in [1.82, 2.24) is 4.98 Å². The lowest BCUT2D eigenvalue weighted by atomic mass is 9.97. The van der Waals surface area contributed by atoms with Crippen LogP contribution in [0.25, 0.3) is 0 Å². The van der Waals surface area contributed by atoms with E-state index in [-0.39, 0.29) is 6.04 Å². The number of nitriles is 1. The molecule has 2 N–H and O–H groups in total. The lowest BCUT2D eigenvalue weighted by Gasteiger charge is -2.10. The highest BCUT2D eigenvalue weighted by Gasteiger charge is 2.23. The average Bonchev–Trinajstić information content (AvgIpc) is 2.66. The third-order valence-corrected chi connectivity index (χ3v) is 3.58. The summed E-state index contributed by atoms with van der Waals surface area (Å²) in [4.78, 5) is 4.46. The van der Waals surface area contributed by atoms with Crippen LogP contribution < -0.4 is 5.73 Å². The Kier molecular flexibility index (Phi) is 3.83. The van der Waals surface area contributed by atoms with Crippen LogP contribution in [0.15, 0.2) is 5.38 Å². The van der Waals surface area contributed by atoms with E-state index in [1.165, 1.54) is 0 Å². The number of hydrogen-bond donors (Lipinski definition) is 1. The molecule has 15 heavy (non-hydrogen) atoms. The molecule has 1 aromatic heterocycles. The molecule has 82 valence electrons. The van der Waals surface area contributed by atoms with Crippen molar-refractivity contribution in [2.45, 2.75) is 45.1 Å². The van der Waals surface area contributed by atoms with Gasteiger partial charge < -0.3 is 5.73 Å². The van der Waals surface area contributed by atoms with Gasteiger partial charge in [-0.25, -0.2) is 4.98 Å². The van der Waals surface area contributed by atoms with E-state index in [9.17, 15) is 0 Å². The Hall–Kier alpha value is -0.920. The van der Waals surface area contributed by atoms with Crippen molar-refractivity contribution in [2.24, 2.45) is 5.73 Å². The molecule has 0 amide bonds. The minimum absolute atomic E-state index is 0.171. The predicted molar refractivity (Wildman–Crippen MR) is 62.7 cm³/mol. The van der Waals surface area contributed by atoms with E-state index >= 15 is 0 Å². The van der Waals surface area contributed by atoms with Crippen molar-refractivity contribution in [3.63, 3.8) is 0 Å². The zero-order valence-corrected chi connectivity index (χ0v) is 10.3. The minimum Gasteiger partial charge on any atom is -0.327 e. The molecule has 4 heteroatoms. The first-order chi connectivity index (χ1) is 6.99. The van der Waals surface area contributed by atoms with Crippen LogP contribution in [-0.2, 0) is 11.8 Å². The molecule has 1 rings (SSSR count). The first-order valence-electron chi connectivity index (χ1n) is 5.11. The van der Waals surface area contributed by atoms with Crippen LogP contribution in [0.4, 0.5) is 0 Å². The molecule has 0 bridgehead atoms. The van der Waals surface area contributed by atoms with Gasteiger partial charge in [0.15, 0.2) is 0 Å².